The molecule has 1 aromatic rings. The average molecular weight is 253 g/mol. The molecule has 18 heavy (non-hydrogen) atoms. The second kappa shape index (κ2) is 4.52. The topological polar surface area (TPSA) is 12.0 Å². The van der Waals surface area contributed by atoms with Crippen LogP contribution in [0.4, 0.5) is 14.5 Å². The molecule has 1 fully saturated rings. The molecule has 0 saturated heterocycles. The smallest absolute Gasteiger partial charge is 0.152 e. The third kappa shape index (κ3) is 2.50. The molecular formula is C15H21F2N. The zero-order chi connectivity index (χ0) is 13.5. The van der Waals surface area contributed by atoms with Crippen LogP contribution >= 0.6 is 0 Å². The van der Waals surface area contributed by atoms with E-state index in [1.807, 2.05) is 0 Å². The van der Waals surface area contributed by atoms with Crippen molar-refractivity contribution in [1.29, 1.82) is 0 Å². The zero-order valence-corrected chi connectivity index (χ0v) is 11.5. The normalized spacial score (nSPS) is 26.3. The Morgan fingerprint density at radius 3 is 2.44 bits per heavy atom. The quantitative estimate of drug-likeness (QED) is 0.817. The Morgan fingerprint density at radius 2 is 1.89 bits per heavy atom. The van der Waals surface area contributed by atoms with Gasteiger partial charge in [-0.05, 0) is 42.7 Å². The van der Waals surface area contributed by atoms with E-state index in [1.54, 1.807) is 6.92 Å². The highest BCUT2D eigenvalue weighted by molar-refractivity contribution is 5.50. The van der Waals surface area contributed by atoms with Crippen molar-refractivity contribution in [1.82, 2.24) is 0 Å². The van der Waals surface area contributed by atoms with E-state index in [0.717, 1.165) is 12.8 Å². The van der Waals surface area contributed by atoms with Crippen LogP contribution in [0.25, 0.3) is 0 Å². The summed E-state index contributed by atoms with van der Waals surface area (Å²) >= 11 is 0. The van der Waals surface area contributed by atoms with Crippen molar-refractivity contribution in [2.24, 2.45) is 11.3 Å². The molecule has 0 radical (unpaired) electrons. The largest absolute Gasteiger partial charge is 0.377 e. The lowest BCUT2D eigenvalue weighted by atomic mass is 9.91. The fourth-order valence-electron chi connectivity index (χ4n) is 3.06. The highest BCUT2D eigenvalue weighted by Crippen LogP contribution is 2.42. The van der Waals surface area contributed by atoms with Gasteiger partial charge in [0, 0.05) is 6.04 Å². The highest BCUT2D eigenvalue weighted by Gasteiger charge is 2.37. The molecule has 0 spiro atoms. The highest BCUT2D eigenvalue weighted by atomic mass is 19.1. The third-order valence-electron chi connectivity index (χ3n) is 3.95. The first-order valence-corrected chi connectivity index (χ1v) is 6.51. The second-order valence-electron chi connectivity index (χ2n) is 6.35. The predicted molar refractivity (Wildman–Crippen MR) is 70.7 cm³/mol. The summed E-state index contributed by atoms with van der Waals surface area (Å²) in [6.45, 7) is 8.20. The molecule has 0 heterocycles. The van der Waals surface area contributed by atoms with Gasteiger partial charge in [-0.3, -0.25) is 0 Å². The van der Waals surface area contributed by atoms with Crippen LogP contribution in [0.3, 0.4) is 0 Å². The number of hydrogen-bond acceptors (Lipinski definition) is 1. The Hall–Kier alpha value is -1.12. The number of rotatable bonds is 2. The maximum atomic E-state index is 13.9. The zero-order valence-electron chi connectivity index (χ0n) is 11.5. The first-order chi connectivity index (χ1) is 8.30. The Bertz CT molecular complexity index is 454. The molecule has 3 heteroatoms. The fourth-order valence-corrected chi connectivity index (χ4v) is 3.06. The van der Waals surface area contributed by atoms with Gasteiger partial charge in [-0.15, -0.1) is 0 Å². The number of hydrogen-bond donors (Lipinski definition) is 1. The molecule has 2 atom stereocenters. The summed E-state index contributed by atoms with van der Waals surface area (Å²) < 4.78 is 27.6. The van der Waals surface area contributed by atoms with Gasteiger partial charge < -0.3 is 5.32 Å². The molecule has 2 rings (SSSR count). The number of benzene rings is 1. The van der Waals surface area contributed by atoms with E-state index in [-0.39, 0.29) is 17.1 Å². The Morgan fingerprint density at radius 1 is 1.22 bits per heavy atom. The molecule has 0 aromatic heterocycles. The van der Waals surface area contributed by atoms with Gasteiger partial charge in [0.25, 0.3) is 0 Å². The molecule has 100 valence electrons. The van der Waals surface area contributed by atoms with Gasteiger partial charge in [0.05, 0.1) is 0 Å². The molecule has 0 bridgehead atoms. The summed E-state index contributed by atoms with van der Waals surface area (Å²) in [7, 11) is 0. The van der Waals surface area contributed by atoms with Crippen LogP contribution in [0.5, 0.6) is 0 Å². The van der Waals surface area contributed by atoms with Gasteiger partial charge in [0.2, 0.25) is 0 Å². The van der Waals surface area contributed by atoms with Crippen LogP contribution in [-0.2, 0) is 0 Å². The first kappa shape index (κ1) is 13.3. The van der Waals surface area contributed by atoms with Crippen LogP contribution < -0.4 is 5.32 Å². The SMILES string of the molecule is Cc1ccc(F)c(NC2CC(C)(C)CC2C)c1F. The van der Waals surface area contributed by atoms with Crippen molar-refractivity contribution in [3.63, 3.8) is 0 Å². The summed E-state index contributed by atoms with van der Waals surface area (Å²) in [6, 6.07) is 2.94. The number of nitrogens with one attached hydrogen (secondary N) is 1. The lowest BCUT2D eigenvalue weighted by molar-refractivity contribution is 0.366. The molecule has 0 amide bonds. The molecule has 1 aliphatic rings. The van der Waals surface area contributed by atoms with Gasteiger partial charge in [-0.2, -0.15) is 0 Å². The molecule has 1 aromatic carbocycles. The van der Waals surface area contributed by atoms with Gasteiger partial charge in [0.15, 0.2) is 5.82 Å². The van der Waals surface area contributed by atoms with Crippen molar-refractivity contribution in [3.8, 4) is 0 Å². The number of anilines is 1. The molecule has 2 unspecified atom stereocenters. The minimum absolute atomic E-state index is 0.0320. The lowest BCUT2D eigenvalue weighted by Gasteiger charge is -2.21. The monoisotopic (exact) mass is 253 g/mol. The minimum atomic E-state index is -0.505. The molecular weight excluding hydrogens is 232 g/mol. The summed E-state index contributed by atoms with van der Waals surface area (Å²) in [5, 5.41) is 3.07. The van der Waals surface area contributed by atoms with E-state index < -0.39 is 11.6 Å². The van der Waals surface area contributed by atoms with E-state index >= 15 is 0 Å². The summed E-state index contributed by atoms with van der Waals surface area (Å²) in [6.07, 6.45) is 2.03. The van der Waals surface area contributed by atoms with Crippen LogP contribution in [0.15, 0.2) is 12.1 Å². The minimum Gasteiger partial charge on any atom is -0.377 e. The Balaban J connectivity index is 2.23. The van der Waals surface area contributed by atoms with Crippen LogP contribution in [-0.4, -0.2) is 6.04 Å². The Kier molecular flexibility index (Phi) is 3.35. The second-order valence-corrected chi connectivity index (χ2v) is 6.35. The van der Waals surface area contributed by atoms with E-state index in [9.17, 15) is 8.78 Å². The van der Waals surface area contributed by atoms with Crippen molar-refractivity contribution in [2.45, 2.75) is 46.6 Å². The van der Waals surface area contributed by atoms with E-state index in [0.29, 0.717) is 11.5 Å². The van der Waals surface area contributed by atoms with E-state index in [1.165, 1.54) is 12.1 Å². The van der Waals surface area contributed by atoms with Gasteiger partial charge >= 0.3 is 0 Å². The third-order valence-corrected chi connectivity index (χ3v) is 3.95. The summed E-state index contributed by atoms with van der Waals surface area (Å²) in [4.78, 5) is 0. The van der Waals surface area contributed by atoms with Gasteiger partial charge in [-0.1, -0.05) is 26.8 Å². The molecule has 1 aliphatic carbocycles. The molecule has 1 nitrogen and oxygen atoms in total. The maximum absolute atomic E-state index is 13.9. The summed E-state index contributed by atoms with van der Waals surface area (Å²) in [5.74, 6) is -0.541. The fraction of sp³-hybridized carbons (Fsp3) is 0.600. The van der Waals surface area contributed by atoms with Crippen LogP contribution in [0.2, 0.25) is 0 Å². The van der Waals surface area contributed by atoms with Crippen LogP contribution in [0.1, 0.15) is 39.2 Å². The van der Waals surface area contributed by atoms with E-state index in [2.05, 4.69) is 26.1 Å². The standard InChI is InChI=1S/C15H21F2N/c1-9-5-6-11(16)14(13(9)17)18-12-8-15(3,4)7-10(12)2/h5-6,10,12,18H,7-8H2,1-4H3. The number of halogens is 2. The van der Waals surface area contributed by atoms with Crippen LogP contribution in [0, 0.1) is 29.9 Å². The lowest BCUT2D eigenvalue weighted by Crippen LogP contribution is -2.24. The first-order valence-electron chi connectivity index (χ1n) is 6.51. The predicted octanol–water partition coefficient (Wildman–Crippen LogP) is 4.51. The average Bonchev–Trinajstić information content (AvgIpc) is 2.52. The van der Waals surface area contributed by atoms with Crippen molar-refractivity contribution < 1.29 is 8.78 Å². The molecule has 0 aliphatic heterocycles. The Labute approximate surface area is 108 Å². The van der Waals surface area contributed by atoms with Crippen molar-refractivity contribution in [2.75, 3.05) is 5.32 Å². The van der Waals surface area contributed by atoms with Gasteiger partial charge in [-0.25, -0.2) is 8.78 Å². The molecule has 1 N–H and O–H groups in total. The van der Waals surface area contributed by atoms with Gasteiger partial charge in [0.1, 0.15) is 11.5 Å². The maximum Gasteiger partial charge on any atom is 0.152 e. The van der Waals surface area contributed by atoms with E-state index in [4.69, 9.17) is 0 Å². The van der Waals surface area contributed by atoms with Crippen molar-refractivity contribution >= 4 is 5.69 Å². The number of aryl methyl sites for hydroxylation is 1. The summed E-state index contributed by atoms with van der Waals surface area (Å²) in [5.41, 5.74) is 0.752. The van der Waals surface area contributed by atoms with Crippen molar-refractivity contribution in [3.05, 3.63) is 29.3 Å². The molecule has 1 saturated carbocycles.